The van der Waals surface area contributed by atoms with Gasteiger partial charge in [0.2, 0.25) is 0 Å². The fourth-order valence-electron chi connectivity index (χ4n) is 1.47. The van der Waals surface area contributed by atoms with E-state index in [1.807, 2.05) is 0 Å². The Labute approximate surface area is 107 Å². The van der Waals surface area contributed by atoms with Crippen molar-refractivity contribution in [3.8, 4) is 0 Å². The Bertz CT molecular complexity index is 196. The summed E-state index contributed by atoms with van der Waals surface area (Å²) in [5.74, 6) is -0.257. The van der Waals surface area contributed by atoms with Gasteiger partial charge in [0, 0.05) is 6.42 Å². The number of halogens is 2. The molecule has 0 saturated carbocycles. The second-order valence-electron chi connectivity index (χ2n) is 3.43. The summed E-state index contributed by atoms with van der Waals surface area (Å²) in [6, 6.07) is 0. The molecule has 1 heterocycles. The van der Waals surface area contributed by atoms with E-state index in [-0.39, 0.29) is 9.71 Å². The van der Waals surface area contributed by atoms with Crippen LogP contribution in [0.3, 0.4) is 0 Å². The van der Waals surface area contributed by atoms with Gasteiger partial charge in [-0.15, -0.1) is 0 Å². The largest absolute Gasteiger partial charge is 0.464 e. The predicted octanol–water partition coefficient (Wildman–Crippen LogP) is -0.0493. The van der Waals surface area contributed by atoms with E-state index >= 15 is 0 Å². The number of hydrogen-bond acceptors (Lipinski definition) is 3. The van der Waals surface area contributed by atoms with E-state index in [4.69, 9.17) is 9.47 Å². The van der Waals surface area contributed by atoms with Gasteiger partial charge in [-0.2, -0.15) is 0 Å². The molecular formula is C9H16Br2NO3+. The van der Waals surface area contributed by atoms with Gasteiger partial charge in [-0.05, 0) is 0 Å². The molecule has 0 atom stereocenters. The normalized spacial score (nSPS) is 18.1. The fourth-order valence-corrected chi connectivity index (χ4v) is 1.73. The number of carbonyl (C=O) groups is 1. The summed E-state index contributed by atoms with van der Waals surface area (Å²) in [7, 11) is 0. The predicted molar refractivity (Wildman–Crippen MR) is 63.6 cm³/mol. The monoisotopic (exact) mass is 344 g/mol. The van der Waals surface area contributed by atoms with Crippen LogP contribution in [0.25, 0.3) is 0 Å². The van der Waals surface area contributed by atoms with E-state index in [1.165, 1.54) is 4.90 Å². The summed E-state index contributed by atoms with van der Waals surface area (Å²) < 4.78 is 9.89. The van der Waals surface area contributed by atoms with Gasteiger partial charge in [0.25, 0.3) is 0 Å². The number of nitrogens with one attached hydrogen (secondary N) is 1. The summed E-state index contributed by atoms with van der Waals surface area (Å²) in [4.78, 5) is 12.6. The molecule has 0 aromatic carbocycles. The van der Waals surface area contributed by atoms with Gasteiger partial charge in [-0.25, -0.2) is 4.79 Å². The molecule has 88 valence electrons. The highest BCUT2D eigenvalue weighted by Crippen LogP contribution is 2.09. The van der Waals surface area contributed by atoms with Crippen molar-refractivity contribution in [2.75, 3.05) is 39.5 Å². The SMILES string of the molecule is O=C(OCCC[NH+]1CCOCC1)C(Br)Br. The second kappa shape index (κ2) is 7.60. The number of morpholine rings is 1. The van der Waals surface area contributed by atoms with E-state index < -0.39 is 0 Å². The van der Waals surface area contributed by atoms with E-state index in [9.17, 15) is 4.79 Å². The van der Waals surface area contributed by atoms with Crippen molar-refractivity contribution in [1.29, 1.82) is 0 Å². The molecule has 4 nitrogen and oxygen atoms in total. The zero-order valence-electron chi connectivity index (χ0n) is 8.51. The topological polar surface area (TPSA) is 40.0 Å². The summed E-state index contributed by atoms with van der Waals surface area (Å²) >= 11 is 6.18. The highest BCUT2D eigenvalue weighted by Gasteiger charge is 2.14. The third-order valence-electron chi connectivity index (χ3n) is 2.30. The summed E-state index contributed by atoms with van der Waals surface area (Å²) in [6.07, 6.45) is 0.911. The molecule has 0 aromatic heterocycles. The van der Waals surface area contributed by atoms with Crippen LogP contribution in [-0.2, 0) is 14.3 Å². The first kappa shape index (κ1) is 13.4. The number of hydrogen-bond donors (Lipinski definition) is 1. The lowest BCUT2D eigenvalue weighted by Crippen LogP contribution is -3.14. The molecule has 15 heavy (non-hydrogen) atoms. The Hall–Kier alpha value is 0.350. The van der Waals surface area contributed by atoms with Gasteiger partial charge >= 0.3 is 5.97 Å². The lowest BCUT2D eigenvalue weighted by atomic mass is 10.3. The molecule has 0 aliphatic carbocycles. The summed E-state index contributed by atoms with van der Waals surface area (Å²) in [5.41, 5.74) is 0. The molecule has 1 rings (SSSR count). The fraction of sp³-hybridized carbons (Fsp3) is 0.889. The number of alkyl halides is 2. The quantitative estimate of drug-likeness (QED) is 0.431. The van der Waals surface area contributed by atoms with Crippen LogP contribution in [0, 0.1) is 0 Å². The molecule has 1 N–H and O–H groups in total. The maximum atomic E-state index is 11.1. The van der Waals surface area contributed by atoms with Gasteiger partial charge in [0.15, 0.2) is 3.74 Å². The molecule has 1 fully saturated rings. The summed E-state index contributed by atoms with van der Waals surface area (Å²) in [6.45, 7) is 5.36. The second-order valence-corrected chi connectivity index (χ2v) is 6.49. The molecule has 1 saturated heterocycles. The lowest BCUT2D eigenvalue weighted by Gasteiger charge is -2.23. The zero-order chi connectivity index (χ0) is 11.1. The van der Waals surface area contributed by atoms with Crippen molar-refractivity contribution in [2.45, 2.75) is 10.2 Å². The van der Waals surface area contributed by atoms with Crippen molar-refractivity contribution in [1.82, 2.24) is 0 Å². The molecular weight excluding hydrogens is 330 g/mol. The van der Waals surface area contributed by atoms with E-state index in [2.05, 4.69) is 31.9 Å². The highest BCUT2D eigenvalue weighted by atomic mass is 79.9. The van der Waals surface area contributed by atoms with Crippen molar-refractivity contribution in [3.05, 3.63) is 0 Å². The highest BCUT2D eigenvalue weighted by molar-refractivity contribution is 9.25. The molecule has 1 aliphatic rings. The molecule has 0 bridgehead atoms. The van der Waals surface area contributed by atoms with Gasteiger partial charge in [-0.1, -0.05) is 31.9 Å². The molecule has 0 aromatic rings. The van der Waals surface area contributed by atoms with Crippen LogP contribution >= 0.6 is 31.9 Å². The van der Waals surface area contributed by atoms with Crippen LogP contribution in [0.15, 0.2) is 0 Å². The van der Waals surface area contributed by atoms with Crippen molar-refractivity contribution in [3.63, 3.8) is 0 Å². The molecule has 0 amide bonds. The van der Waals surface area contributed by atoms with Crippen LogP contribution in [-0.4, -0.2) is 49.2 Å². The van der Waals surface area contributed by atoms with Crippen LogP contribution < -0.4 is 4.90 Å². The Kier molecular flexibility index (Phi) is 6.79. The maximum absolute atomic E-state index is 11.1. The minimum atomic E-state index is -0.388. The third-order valence-corrected chi connectivity index (χ3v) is 3.04. The minimum Gasteiger partial charge on any atom is -0.464 e. The number of esters is 1. The standard InChI is InChI=1S/C9H15Br2NO3/c10-8(11)9(13)15-5-1-2-12-3-6-14-7-4-12/h8H,1-7H2/p+1. The van der Waals surface area contributed by atoms with Gasteiger partial charge in [0.05, 0.1) is 26.4 Å². The maximum Gasteiger partial charge on any atom is 0.330 e. The van der Waals surface area contributed by atoms with E-state index in [0.717, 1.165) is 39.3 Å². The van der Waals surface area contributed by atoms with Crippen molar-refractivity contribution >= 4 is 37.8 Å². The van der Waals surface area contributed by atoms with Gasteiger partial charge in [-0.3, -0.25) is 0 Å². The van der Waals surface area contributed by atoms with Gasteiger partial charge in [0.1, 0.15) is 13.1 Å². The average Bonchev–Trinajstić information content (AvgIpc) is 2.25. The van der Waals surface area contributed by atoms with Crippen LogP contribution in [0.1, 0.15) is 6.42 Å². The number of ether oxygens (including phenoxy) is 2. The Balaban J connectivity index is 1.98. The lowest BCUT2D eigenvalue weighted by molar-refractivity contribution is -0.908. The van der Waals surface area contributed by atoms with Crippen molar-refractivity contribution < 1.29 is 19.2 Å². The zero-order valence-corrected chi connectivity index (χ0v) is 11.7. The first-order valence-corrected chi connectivity index (χ1v) is 6.89. The van der Waals surface area contributed by atoms with E-state index in [1.54, 1.807) is 0 Å². The van der Waals surface area contributed by atoms with Crippen molar-refractivity contribution in [2.24, 2.45) is 0 Å². The number of quaternary nitrogens is 1. The number of carbonyl (C=O) groups excluding carboxylic acids is 1. The molecule has 0 radical (unpaired) electrons. The smallest absolute Gasteiger partial charge is 0.330 e. The van der Waals surface area contributed by atoms with Crippen LogP contribution in [0.4, 0.5) is 0 Å². The average molecular weight is 346 g/mol. The van der Waals surface area contributed by atoms with Gasteiger partial charge < -0.3 is 14.4 Å². The number of rotatable bonds is 5. The Morgan fingerprint density at radius 1 is 1.40 bits per heavy atom. The van der Waals surface area contributed by atoms with Crippen LogP contribution in [0.5, 0.6) is 0 Å². The Morgan fingerprint density at radius 3 is 2.67 bits per heavy atom. The minimum absolute atomic E-state index is 0.257. The third kappa shape index (κ3) is 5.85. The first-order chi connectivity index (χ1) is 7.20. The summed E-state index contributed by atoms with van der Waals surface area (Å²) in [5, 5.41) is 0. The first-order valence-electron chi connectivity index (χ1n) is 5.06. The van der Waals surface area contributed by atoms with Crippen LogP contribution in [0.2, 0.25) is 0 Å². The molecule has 0 spiro atoms. The molecule has 6 heteroatoms. The molecule has 0 unspecified atom stereocenters. The van der Waals surface area contributed by atoms with E-state index in [0.29, 0.717) is 6.61 Å². The Morgan fingerprint density at radius 2 is 2.07 bits per heavy atom. The molecule has 1 aliphatic heterocycles.